The Kier molecular flexibility index (Phi) is 5.12. The fourth-order valence-corrected chi connectivity index (χ4v) is 8.58. The fourth-order valence-electron chi connectivity index (χ4n) is 7.43. The molecule has 0 aromatic carbocycles. The molecule has 0 N–H and O–H groups in total. The molecule has 140 valence electrons. The van der Waals surface area contributed by atoms with E-state index in [0.717, 1.165) is 30.6 Å². The summed E-state index contributed by atoms with van der Waals surface area (Å²) in [7, 11) is 1.49. The van der Waals surface area contributed by atoms with Gasteiger partial charge in [0.25, 0.3) is 0 Å². The summed E-state index contributed by atoms with van der Waals surface area (Å²) in [6, 6.07) is 0. The van der Waals surface area contributed by atoms with Crippen molar-refractivity contribution in [3.63, 3.8) is 0 Å². The van der Waals surface area contributed by atoms with Gasteiger partial charge in [0.1, 0.15) is 5.78 Å². The second-order valence-corrected chi connectivity index (χ2v) is 11.0. The second-order valence-electron chi connectivity index (χ2n) is 9.57. The van der Waals surface area contributed by atoms with Crippen LogP contribution in [0.15, 0.2) is 11.6 Å². The van der Waals surface area contributed by atoms with E-state index >= 15 is 0 Å². The van der Waals surface area contributed by atoms with Crippen molar-refractivity contribution < 1.29 is 8.98 Å². The van der Waals surface area contributed by atoms with Crippen LogP contribution in [0.5, 0.6) is 0 Å². The van der Waals surface area contributed by atoms with Crippen molar-refractivity contribution in [3.8, 4) is 0 Å². The van der Waals surface area contributed by atoms with E-state index < -0.39 is 0 Å². The topological polar surface area (TPSA) is 26.3 Å². The first-order valence-electron chi connectivity index (χ1n) is 10.0. The van der Waals surface area contributed by atoms with Gasteiger partial charge < -0.3 is 4.18 Å². The predicted octanol–water partition coefficient (Wildman–Crippen LogP) is 6.54. The van der Waals surface area contributed by atoms with Crippen molar-refractivity contribution in [2.45, 2.75) is 78.2 Å². The Bertz CT molecular complexity index is 590. The normalized spacial score (nSPS) is 49.0. The SMILES string of the molecule is CC(=O)[C@H]1CCC2C3CC=C4C[C@@H](OSI)CC[C@]4(C)C3CC[C@@]21C. The molecule has 4 heteroatoms. The lowest BCUT2D eigenvalue weighted by molar-refractivity contribution is -0.127. The number of carbonyl (C=O) groups is 1. The summed E-state index contributed by atoms with van der Waals surface area (Å²) in [6.45, 7) is 6.82. The molecule has 25 heavy (non-hydrogen) atoms. The van der Waals surface area contributed by atoms with Crippen molar-refractivity contribution in [3.05, 3.63) is 11.6 Å². The van der Waals surface area contributed by atoms with Gasteiger partial charge in [-0.05, 0) is 86.9 Å². The first kappa shape index (κ1) is 18.8. The Morgan fingerprint density at radius 1 is 1.20 bits per heavy atom. The van der Waals surface area contributed by atoms with Crippen molar-refractivity contribution in [2.75, 3.05) is 0 Å². The molecule has 7 atom stereocenters. The molecule has 0 aliphatic heterocycles. The molecular weight excluding hydrogens is 443 g/mol. The number of ketones is 1. The number of Topliss-reactive ketones (excluding diaryl/α,β-unsaturated/α-hetero) is 1. The highest BCUT2D eigenvalue weighted by molar-refractivity contribution is 14.2. The van der Waals surface area contributed by atoms with Crippen LogP contribution in [0.2, 0.25) is 0 Å². The first-order valence-corrected chi connectivity index (χ1v) is 13.3. The molecule has 0 radical (unpaired) electrons. The summed E-state index contributed by atoms with van der Waals surface area (Å²) in [5, 5.41) is 0. The molecule has 4 rings (SSSR count). The Balaban J connectivity index is 1.60. The fraction of sp³-hybridized carbons (Fsp3) is 0.857. The summed E-state index contributed by atoms with van der Waals surface area (Å²) in [6.07, 6.45) is 12.8. The molecule has 3 unspecified atom stereocenters. The minimum Gasteiger partial charge on any atom is -0.302 e. The minimum absolute atomic E-state index is 0.271. The number of fused-ring (bicyclic) bond motifs is 5. The average Bonchev–Trinajstić information content (AvgIpc) is 2.93. The number of rotatable bonds is 3. The maximum Gasteiger partial charge on any atom is 0.133 e. The van der Waals surface area contributed by atoms with Crippen LogP contribution in [0, 0.1) is 34.5 Å². The van der Waals surface area contributed by atoms with E-state index in [9.17, 15) is 4.79 Å². The maximum absolute atomic E-state index is 12.2. The van der Waals surface area contributed by atoms with E-state index in [-0.39, 0.29) is 5.41 Å². The third-order valence-electron chi connectivity index (χ3n) is 8.72. The van der Waals surface area contributed by atoms with Crippen LogP contribution in [0.4, 0.5) is 0 Å². The van der Waals surface area contributed by atoms with Crippen LogP contribution in [-0.2, 0) is 8.98 Å². The Morgan fingerprint density at radius 2 is 2.00 bits per heavy atom. The number of carbonyl (C=O) groups excluding carboxylic acids is 1. The van der Waals surface area contributed by atoms with Gasteiger partial charge in [0.05, 0.1) is 15.3 Å². The summed E-state index contributed by atoms with van der Waals surface area (Å²) in [5.74, 6) is 3.14. The summed E-state index contributed by atoms with van der Waals surface area (Å²) >= 11 is 2.24. The maximum atomic E-state index is 12.2. The standard InChI is InChI=1S/C21H31IO2S/c1-13(23)17-6-7-18-16-5-4-14-12-15(24-25-22)8-10-20(14,2)19(16)9-11-21(17,18)3/h4,15-19H,5-12H2,1-3H3/t15-,16?,17+,18?,19?,20-,21+/m0/s1. The Morgan fingerprint density at radius 3 is 2.72 bits per heavy atom. The summed E-state index contributed by atoms with van der Waals surface area (Å²) < 4.78 is 5.86. The molecule has 4 aliphatic rings. The van der Waals surface area contributed by atoms with Gasteiger partial charge in [-0.15, -0.1) is 0 Å². The van der Waals surface area contributed by atoms with Crippen LogP contribution in [0.1, 0.15) is 72.1 Å². The number of hydrogen-bond acceptors (Lipinski definition) is 3. The number of halogens is 1. The average molecular weight is 474 g/mol. The number of hydrogen-bond donors (Lipinski definition) is 0. The van der Waals surface area contributed by atoms with E-state index in [1.165, 1.54) is 47.7 Å². The van der Waals surface area contributed by atoms with Crippen LogP contribution in [0.25, 0.3) is 0 Å². The lowest BCUT2D eigenvalue weighted by atomic mass is 9.47. The van der Waals surface area contributed by atoms with E-state index in [0.29, 0.717) is 23.2 Å². The molecule has 0 aromatic heterocycles. The Hall–Kier alpha value is 0.450. The quantitative estimate of drug-likeness (QED) is 0.264. The molecule has 0 aromatic rings. The molecule has 0 spiro atoms. The third-order valence-corrected chi connectivity index (χ3v) is 9.69. The zero-order valence-electron chi connectivity index (χ0n) is 15.7. The lowest BCUT2D eigenvalue weighted by Crippen LogP contribution is -2.50. The van der Waals surface area contributed by atoms with Crippen LogP contribution < -0.4 is 0 Å². The molecule has 0 bridgehead atoms. The van der Waals surface area contributed by atoms with Crippen molar-refractivity contribution in [1.82, 2.24) is 0 Å². The second kappa shape index (κ2) is 6.80. The Labute approximate surface area is 169 Å². The summed E-state index contributed by atoms with van der Waals surface area (Å²) in [4.78, 5) is 12.2. The largest absolute Gasteiger partial charge is 0.302 e. The molecule has 0 amide bonds. The van der Waals surface area contributed by atoms with Gasteiger partial charge in [0.15, 0.2) is 0 Å². The van der Waals surface area contributed by atoms with Gasteiger partial charge in [-0.25, -0.2) is 0 Å². The molecule has 4 aliphatic carbocycles. The highest BCUT2D eigenvalue weighted by Crippen LogP contribution is 2.66. The predicted molar refractivity (Wildman–Crippen MR) is 112 cm³/mol. The van der Waals surface area contributed by atoms with E-state index in [1.807, 2.05) is 6.92 Å². The van der Waals surface area contributed by atoms with E-state index in [2.05, 4.69) is 41.1 Å². The lowest BCUT2D eigenvalue weighted by Gasteiger charge is -2.58. The van der Waals surface area contributed by atoms with Crippen molar-refractivity contribution >= 4 is 36.2 Å². The van der Waals surface area contributed by atoms with Gasteiger partial charge in [0.2, 0.25) is 0 Å². The van der Waals surface area contributed by atoms with Gasteiger partial charge in [-0.3, -0.25) is 4.79 Å². The zero-order chi connectivity index (χ0) is 17.8. The highest BCUT2D eigenvalue weighted by atomic mass is 127. The van der Waals surface area contributed by atoms with Gasteiger partial charge >= 0.3 is 0 Å². The minimum atomic E-state index is 0.271. The molecule has 2 nitrogen and oxygen atoms in total. The number of allylic oxidation sites excluding steroid dienone is 1. The van der Waals surface area contributed by atoms with Crippen molar-refractivity contribution in [1.29, 1.82) is 0 Å². The molecule has 3 fully saturated rings. The van der Waals surface area contributed by atoms with E-state index in [4.69, 9.17) is 4.18 Å². The zero-order valence-corrected chi connectivity index (χ0v) is 18.7. The van der Waals surface area contributed by atoms with Gasteiger partial charge in [-0.2, -0.15) is 0 Å². The first-order chi connectivity index (χ1) is 11.9. The summed E-state index contributed by atoms with van der Waals surface area (Å²) in [5.41, 5.74) is 2.33. The van der Waals surface area contributed by atoms with Crippen LogP contribution >= 0.6 is 30.4 Å². The monoisotopic (exact) mass is 474 g/mol. The van der Waals surface area contributed by atoms with Crippen molar-refractivity contribution in [2.24, 2.45) is 34.5 Å². The molecule has 0 saturated heterocycles. The van der Waals surface area contributed by atoms with E-state index in [1.54, 1.807) is 5.57 Å². The highest BCUT2D eigenvalue weighted by Gasteiger charge is 2.59. The molecule has 0 heterocycles. The van der Waals surface area contributed by atoms with Crippen LogP contribution in [-0.4, -0.2) is 11.9 Å². The third kappa shape index (κ3) is 2.88. The molecule has 3 saturated carbocycles. The van der Waals surface area contributed by atoms with Gasteiger partial charge in [0, 0.05) is 27.1 Å². The molecular formula is C21H31IO2S. The van der Waals surface area contributed by atoms with Crippen LogP contribution in [0.3, 0.4) is 0 Å². The van der Waals surface area contributed by atoms with Gasteiger partial charge in [-0.1, -0.05) is 25.5 Å². The smallest absolute Gasteiger partial charge is 0.133 e.